The van der Waals surface area contributed by atoms with Crippen LogP contribution >= 0.6 is 0 Å². The van der Waals surface area contributed by atoms with E-state index in [1.807, 2.05) is 6.07 Å². The van der Waals surface area contributed by atoms with Crippen molar-refractivity contribution in [3.63, 3.8) is 0 Å². The van der Waals surface area contributed by atoms with Gasteiger partial charge in [-0.25, -0.2) is 0 Å². The maximum Gasteiger partial charge on any atom is 0.119 e. The number of quaternary nitrogens is 1. The van der Waals surface area contributed by atoms with Crippen LogP contribution in [0.25, 0.3) is 0 Å². The first-order valence-electron chi connectivity index (χ1n) is 6.52. The Morgan fingerprint density at radius 2 is 1.94 bits per heavy atom. The minimum Gasteiger partial charge on any atom is -0.497 e. The van der Waals surface area contributed by atoms with Crippen LogP contribution < -0.4 is 4.74 Å². The van der Waals surface area contributed by atoms with Crippen molar-refractivity contribution >= 4 is 0 Å². The van der Waals surface area contributed by atoms with Gasteiger partial charge in [0.1, 0.15) is 12.3 Å². The van der Waals surface area contributed by atoms with Gasteiger partial charge in [0.05, 0.1) is 27.7 Å². The second kappa shape index (κ2) is 6.76. The van der Waals surface area contributed by atoms with Crippen molar-refractivity contribution < 1.29 is 9.22 Å². The van der Waals surface area contributed by atoms with E-state index in [2.05, 4.69) is 51.3 Å². The standard InChI is InChI=1S/C15H27N2O/c1-16(2)10-7-11-17(3,4)13-14-8-6-9-15(12-14)18-5/h6,8-9,12H,7,10-11,13H2,1-5H3/q+1. The second-order valence-electron chi connectivity index (χ2n) is 5.83. The zero-order chi connectivity index (χ0) is 13.6. The molecule has 1 aromatic carbocycles. The van der Waals surface area contributed by atoms with E-state index in [1.54, 1.807) is 7.11 Å². The Bertz CT molecular complexity index is 361. The van der Waals surface area contributed by atoms with Crippen LogP contribution in [0.3, 0.4) is 0 Å². The summed E-state index contributed by atoms with van der Waals surface area (Å²) in [5.74, 6) is 0.945. The molecule has 0 atom stereocenters. The summed E-state index contributed by atoms with van der Waals surface area (Å²) < 4.78 is 6.28. The minimum atomic E-state index is 0.945. The summed E-state index contributed by atoms with van der Waals surface area (Å²) in [7, 11) is 10.5. The zero-order valence-electron chi connectivity index (χ0n) is 12.4. The van der Waals surface area contributed by atoms with Crippen LogP contribution in [0.5, 0.6) is 5.75 Å². The summed E-state index contributed by atoms with van der Waals surface area (Å²) in [4.78, 5) is 2.24. The molecule has 0 aliphatic heterocycles. The Balaban J connectivity index is 2.52. The number of rotatable bonds is 7. The molecule has 1 rings (SSSR count). The summed E-state index contributed by atoms with van der Waals surface area (Å²) in [6.07, 6.45) is 1.23. The topological polar surface area (TPSA) is 12.5 Å². The van der Waals surface area contributed by atoms with E-state index >= 15 is 0 Å². The molecule has 3 nitrogen and oxygen atoms in total. The molecule has 0 aromatic heterocycles. The summed E-state index contributed by atoms with van der Waals surface area (Å²) >= 11 is 0. The molecule has 0 amide bonds. The van der Waals surface area contributed by atoms with Crippen molar-refractivity contribution in [2.45, 2.75) is 13.0 Å². The molecule has 0 saturated carbocycles. The number of nitrogens with zero attached hydrogens (tertiary/aromatic N) is 2. The van der Waals surface area contributed by atoms with Gasteiger partial charge in [-0.3, -0.25) is 0 Å². The molecule has 3 heteroatoms. The first kappa shape index (κ1) is 15.0. The van der Waals surface area contributed by atoms with Gasteiger partial charge < -0.3 is 14.1 Å². The quantitative estimate of drug-likeness (QED) is 0.689. The van der Waals surface area contributed by atoms with Gasteiger partial charge >= 0.3 is 0 Å². The predicted octanol–water partition coefficient (Wildman–Crippen LogP) is 2.22. The number of hydrogen-bond acceptors (Lipinski definition) is 2. The summed E-state index contributed by atoms with van der Waals surface area (Å²) in [6, 6.07) is 8.37. The number of hydrogen-bond donors (Lipinski definition) is 0. The van der Waals surface area contributed by atoms with Crippen LogP contribution in [0.2, 0.25) is 0 Å². The highest BCUT2D eigenvalue weighted by atomic mass is 16.5. The highest BCUT2D eigenvalue weighted by Crippen LogP contribution is 2.16. The SMILES string of the molecule is COc1cccc(C[N+](C)(C)CCCN(C)C)c1. The maximum absolute atomic E-state index is 5.27. The van der Waals surface area contributed by atoms with E-state index in [1.165, 1.54) is 18.5 Å². The molecule has 102 valence electrons. The Morgan fingerprint density at radius 1 is 1.22 bits per heavy atom. The minimum absolute atomic E-state index is 0.945. The first-order valence-corrected chi connectivity index (χ1v) is 6.52. The molecular weight excluding hydrogens is 224 g/mol. The fourth-order valence-electron chi connectivity index (χ4n) is 2.16. The fourth-order valence-corrected chi connectivity index (χ4v) is 2.16. The van der Waals surface area contributed by atoms with Gasteiger partial charge in [0.15, 0.2) is 0 Å². The highest BCUT2D eigenvalue weighted by molar-refractivity contribution is 5.27. The molecule has 0 bridgehead atoms. The van der Waals surface area contributed by atoms with Gasteiger partial charge in [-0.2, -0.15) is 0 Å². The summed E-state index contributed by atoms with van der Waals surface area (Å²) in [5.41, 5.74) is 1.34. The largest absolute Gasteiger partial charge is 0.497 e. The molecule has 18 heavy (non-hydrogen) atoms. The summed E-state index contributed by atoms with van der Waals surface area (Å²) in [6.45, 7) is 3.39. The van der Waals surface area contributed by atoms with Gasteiger partial charge in [-0.1, -0.05) is 12.1 Å². The van der Waals surface area contributed by atoms with Gasteiger partial charge in [0.2, 0.25) is 0 Å². The lowest BCUT2D eigenvalue weighted by atomic mass is 10.2. The molecule has 0 aliphatic rings. The lowest BCUT2D eigenvalue weighted by Gasteiger charge is -2.30. The van der Waals surface area contributed by atoms with Crippen molar-refractivity contribution in [3.05, 3.63) is 29.8 Å². The summed E-state index contributed by atoms with van der Waals surface area (Å²) in [5, 5.41) is 0. The van der Waals surface area contributed by atoms with Crippen LogP contribution in [0.1, 0.15) is 12.0 Å². The second-order valence-corrected chi connectivity index (χ2v) is 5.83. The molecule has 0 fully saturated rings. The van der Waals surface area contributed by atoms with Gasteiger partial charge in [0, 0.05) is 18.5 Å². The monoisotopic (exact) mass is 251 g/mol. The van der Waals surface area contributed by atoms with Crippen LogP contribution in [0.15, 0.2) is 24.3 Å². The lowest BCUT2D eigenvalue weighted by Crippen LogP contribution is -2.40. The molecule has 0 spiro atoms. The van der Waals surface area contributed by atoms with Crippen LogP contribution in [0, 0.1) is 0 Å². The fraction of sp³-hybridized carbons (Fsp3) is 0.600. The number of methoxy groups -OCH3 is 1. The van der Waals surface area contributed by atoms with Gasteiger partial charge in [-0.05, 0) is 26.2 Å². The average Bonchev–Trinajstić information content (AvgIpc) is 2.27. The van der Waals surface area contributed by atoms with Crippen LogP contribution in [0.4, 0.5) is 0 Å². The highest BCUT2D eigenvalue weighted by Gasteiger charge is 2.15. The van der Waals surface area contributed by atoms with E-state index in [9.17, 15) is 0 Å². The predicted molar refractivity (Wildman–Crippen MR) is 76.8 cm³/mol. The van der Waals surface area contributed by atoms with Gasteiger partial charge in [0.25, 0.3) is 0 Å². The molecular formula is C15H27N2O+. The zero-order valence-corrected chi connectivity index (χ0v) is 12.4. The van der Waals surface area contributed by atoms with E-state index in [0.717, 1.165) is 23.3 Å². The van der Waals surface area contributed by atoms with E-state index in [0.29, 0.717) is 0 Å². The van der Waals surface area contributed by atoms with Crippen molar-refractivity contribution in [2.24, 2.45) is 0 Å². The molecule has 1 aromatic rings. The lowest BCUT2D eigenvalue weighted by molar-refractivity contribution is -0.903. The molecule has 0 N–H and O–H groups in total. The third-order valence-electron chi connectivity index (χ3n) is 3.11. The Morgan fingerprint density at radius 3 is 2.56 bits per heavy atom. The Labute approximate surface area is 112 Å². The molecule has 0 unspecified atom stereocenters. The first-order chi connectivity index (χ1) is 8.43. The van der Waals surface area contributed by atoms with Crippen molar-refractivity contribution in [3.8, 4) is 5.75 Å². The third kappa shape index (κ3) is 5.52. The Hall–Kier alpha value is -1.06. The average molecular weight is 251 g/mol. The normalized spacial score (nSPS) is 11.9. The molecule has 0 saturated heterocycles. The third-order valence-corrected chi connectivity index (χ3v) is 3.11. The molecule has 0 radical (unpaired) electrons. The number of benzene rings is 1. The molecule has 0 aliphatic carbocycles. The Kier molecular flexibility index (Phi) is 5.63. The van der Waals surface area contributed by atoms with Crippen LogP contribution in [-0.4, -0.2) is 57.8 Å². The maximum atomic E-state index is 5.27. The smallest absolute Gasteiger partial charge is 0.119 e. The van der Waals surface area contributed by atoms with Crippen molar-refractivity contribution in [2.75, 3.05) is 48.4 Å². The van der Waals surface area contributed by atoms with Gasteiger partial charge in [-0.15, -0.1) is 0 Å². The van der Waals surface area contributed by atoms with Crippen molar-refractivity contribution in [1.29, 1.82) is 0 Å². The number of ether oxygens (including phenoxy) is 1. The van der Waals surface area contributed by atoms with Crippen LogP contribution in [-0.2, 0) is 6.54 Å². The molecule has 0 heterocycles. The van der Waals surface area contributed by atoms with E-state index in [4.69, 9.17) is 4.74 Å². The van der Waals surface area contributed by atoms with Crippen molar-refractivity contribution in [1.82, 2.24) is 4.90 Å². The van der Waals surface area contributed by atoms with E-state index in [-0.39, 0.29) is 0 Å². The van der Waals surface area contributed by atoms with E-state index < -0.39 is 0 Å².